The molecule has 0 spiro atoms. The van der Waals surface area contributed by atoms with Crippen LogP contribution in [0.3, 0.4) is 0 Å². The molecule has 1 unspecified atom stereocenters. The van der Waals surface area contributed by atoms with Crippen LogP contribution in [0.4, 0.5) is 10.5 Å². The van der Waals surface area contributed by atoms with Crippen LogP contribution in [0.5, 0.6) is 0 Å². The average molecular weight is 378 g/mol. The number of hydrogen-bond acceptors (Lipinski definition) is 3. The predicted molar refractivity (Wildman–Crippen MR) is 111 cm³/mol. The smallest absolute Gasteiger partial charge is 0.321 e. The maximum atomic E-state index is 12.7. The number of nitrogens with zero attached hydrogens (tertiary/aromatic N) is 2. The number of carbonyl (C=O) groups excluding carboxylic acids is 2. The first-order valence-corrected chi connectivity index (χ1v) is 9.57. The van der Waals surface area contributed by atoms with Gasteiger partial charge in [0.2, 0.25) is 5.91 Å². The Balaban J connectivity index is 1.67. The maximum absolute atomic E-state index is 12.7. The van der Waals surface area contributed by atoms with Gasteiger partial charge in [-0.1, -0.05) is 31.2 Å². The first-order valence-electron chi connectivity index (χ1n) is 9.57. The van der Waals surface area contributed by atoms with Crippen molar-refractivity contribution in [2.24, 2.45) is 11.1 Å². The van der Waals surface area contributed by atoms with Gasteiger partial charge in [0.25, 0.3) is 0 Å². The average Bonchev–Trinajstić information content (AvgIpc) is 2.73. The molecule has 1 aromatic heterocycles. The van der Waals surface area contributed by atoms with Crippen molar-refractivity contribution >= 4 is 29.8 Å². The Kier molecular flexibility index (Phi) is 6.09. The van der Waals surface area contributed by atoms with E-state index in [1.807, 2.05) is 61.5 Å². The standard InChI is InChI=1S/C22H26N4O2/c1-2-22(20(23)27)12-6-14-26(16-22)21(28)25-19-9-5-7-17(15-19)10-11-18-8-3-4-13-24-18/h3-5,7-11,13,15H,2,6,12,14,16H2,1H3,(H2,23,27)(H,25,28)/b11-10+. The molecule has 2 heterocycles. The fraction of sp³-hybridized carbons (Fsp3) is 0.318. The highest BCUT2D eigenvalue weighted by Gasteiger charge is 2.40. The quantitative estimate of drug-likeness (QED) is 0.830. The van der Waals surface area contributed by atoms with E-state index >= 15 is 0 Å². The van der Waals surface area contributed by atoms with Crippen LogP contribution in [0.15, 0.2) is 48.7 Å². The third-order valence-corrected chi connectivity index (χ3v) is 5.34. The number of aromatic nitrogens is 1. The summed E-state index contributed by atoms with van der Waals surface area (Å²) >= 11 is 0. The van der Waals surface area contributed by atoms with Gasteiger partial charge in [-0.05, 0) is 55.2 Å². The van der Waals surface area contributed by atoms with Crippen molar-refractivity contribution in [3.63, 3.8) is 0 Å². The number of urea groups is 1. The van der Waals surface area contributed by atoms with E-state index in [1.54, 1.807) is 11.1 Å². The van der Waals surface area contributed by atoms with Crippen molar-refractivity contribution in [3.05, 3.63) is 59.9 Å². The highest BCUT2D eigenvalue weighted by atomic mass is 16.2. The zero-order valence-electron chi connectivity index (χ0n) is 16.1. The van der Waals surface area contributed by atoms with Crippen molar-refractivity contribution in [1.82, 2.24) is 9.88 Å². The van der Waals surface area contributed by atoms with Crippen LogP contribution < -0.4 is 11.1 Å². The highest BCUT2D eigenvalue weighted by molar-refractivity contribution is 5.91. The molecule has 6 nitrogen and oxygen atoms in total. The number of carbonyl (C=O) groups is 2. The Labute approximate surface area is 165 Å². The highest BCUT2D eigenvalue weighted by Crippen LogP contribution is 2.33. The van der Waals surface area contributed by atoms with Gasteiger partial charge in [-0.3, -0.25) is 9.78 Å². The SMILES string of the molecule is CCC1(C(N)=O)CCCN(C(=O)Nc2cccc(/C=C/c3ccccn3)c2)C1. The molecule has 1 aliphatic heterocycles. The molecule has 0 aliphatic carbocycles. The lowest BCUT2D eigenvalue weighted by molar-refractivity contribution is -0.130. The van der Waals surface area contributed by atoms with Crippen LogP contribution >= 0.6 is 0 Å². The summed E-state index contributed by atoms with van der Waals surface area (Å²) in [5.74, 6) is -0.325. The van der Waals surface area contributed by atoms with Gasteiger partial charge in [-0.2, -0.15) is 0 Å². The van der Waals surface area contributed by atoms with E-state index in [9.17, 15) is 9.59 Å². The summed E-state index contributed by atoms with van der Waals surface area (Å²) in [5.41, 5.74) is 7.53. The number of primary amides is 1. The lowest BCUT2D eigenvalue weighted by atomic mass is 9.77. The van der Waals surface area contributed by atoms with E-state index in [0.717, 1.165) is 24.1 Å². The van der Waals surface area contributed by atoms with Crippen molar-refractivity contribution in [3.8, 4) is 0 Å². The van der Waals surface area contributed by atoms with Gasteiger partial charge in [0.05, 0.1) is 11.1 Å². The van der Waals surface area contributed by atoms with Crippen molar-refractivity contribution in [2.75, 3.05) is 18.4 Å². The number of likely N-dealkylation sites (tertiary alicyclic amines) is 1. The van der Waals surface area contributed by atoms with Gasteiger partial charge >= 0.3 is 6.03 Å². The molecular formula is C22H26N4O2. The van der Waals surface area contributed by atoms with Crippen LogP contribution in [0, 0.1) is 5.41 Å². The third-order valence-electron chi connectivity index (χ3n) is 5.34. The number of pyridine rings is 1. The first-order chi connectivity index (χ1) is 13.5. The zero-order chi connectivity index (χ0) is 20.0. The summed E-state index contributed by atoms with van der Waals surface area (Å²) in [4.78, 5) is 30.6. The van der Waals surface area contributed by atoms with Crippen LogP contribution in [0.25, 0.3) is 12.2 Å². The Bertz CT molecular complexity index is 866. The molecule has 6 heteroatoms. The number of benzene rings is 1. The van der Waals surface area contributed by atoms with Gasteiger partial charge in [-0.15, -0.1) is 0 Å². The summed E-state index contributed by atoms with van der Waals surface area (Å²) in [5, 5.41) is 2.94. The lowest BCUT2D eigenvalue weighted by Crippen LogP contribution is -2.52. The molecular weight excluding hydrogens is 352 g/mol. The van der Waals surface area contributed by atoms with E-state index in [-0.39, 0.29) is 11.9 Å². The molecule has 28 heavy (non-hydrogen) atoms. The minimum absolute atomic E-state index is 0.204. The minimum atomic E-state index is -0.622. The van der Waals surface area contributed by atoms with E-state index in [2.05, 4.69) is 10.3 Å². The Morgan fingerprint density at radius 1 is 1.25 bits per heavy atom. The van der Waals surface area contributed by atoms with Crippen LogP contribution in [0.1, 0.15) is 37.4 Å². The molecule has 0 radical (unpaired) electrons. The lowest BCUT2D eigenvalue weighted by Gasteiger charge is -2.40. The topological polar surface area (TPSA) is 88.3 Å². The Morgan fingerprint density at radius 3 is 2.82 bits per heavy atom. The molecule has 1 aliphatic rings. The van der Waals surface area contributed by atoms with E-state index < -0.39 is 5.41 Å². The van der Waals surface area contributed by atoms with Gasteiger partial charge in [-0.25, -0.2) is 4.79 Å². The summed E-state index contributed by atoms with van der Waals surface area (Å²) in [6.45, 7) is 2.94. The summed E-state index contributed by atoms with van der Waals surface area (Å²) in [6.07, 6.45) is 7.77. The second-order valence-corrected chi connectivity index (χ2v) is 7.17. The van der Waals surface area contributed by atoms with Gasteiger partial charge in [0, 0.05) is 25.0 Å². The summed E-state index contributed by atoms with van der Waals surface area (Å²) in [7, 11) is 0. The fourth-order valence-corrected chi connectivity index (χ4v) is 3.55. The third kappa shape index (κ3) is 4.57. The molecule has 1 aromatic carbocycles. The van der Waals surface area contributed by atoms with E-state index in [0.29, 0.717) is 25.2 Å². The van der Waals surface area contributed by atoms with Crippen LogP contribution in [0.2, 0.25) is 0 Å². The monoisotopic (exact) mass is 378 g/mol. The van der Waals surface area contributed by atoms with Crippen LogP contribution in [-0.2, 0) is 4.79 Å². The molecule has 3 rings (SSSR count). The number of rotatable bonds is 5. The Hall–Kier alpha value is -3.15. The normalized spacial score (nSPS) is 19.5. The van der Waals surface area contributed by atoms with Crippen molar-refractivity contribution < 1.29 is 9.59 Å². The molecule has 1 saturated heterocycles. The second kappa shape index (κ2) is 8.69. The molecule has 2 aromatic rings. The number of amides is 3. The van der Waals surface area contributed by atoms with Crippen LogP contribution in [-0.4, -0.2) is 34.9 Å². The predicted octanol–water partition coefficient (Wildman–Crippen LogP) is 3.76. The number of nitrogens with two attached hydrogens (primary N) is 1. The second-order valence-electron chi connectivity index (χ2n) is 7.17. The Morgan fingerprint density at radius 2 is 2.11 bits per heavy atom. The molecule has 0 bridgehead atoms. The minimum Gasteiger partial charge on any atom is -0.369 e. The number of anilines is 1. The summed E-state index contributed by atoms with van der Waals surface area (Å²) < 4.78 is 0. The van der Waals surface area contributed by atoms with E-state index in [4.69, 9.17) is 5.73 Å². The number of piperidine rings is 1. The van der Waals surface area contributed by atoms with E-state index in [1.165, 1.54) is 0 Å². The molecule has 1 atom stereocenters. The maximum Gasteiger partial charge on any atom is 0.321 e. The fourth-order valence-electron chi connectivity index (χ4n) is 3.55. The van der Waals surface area contributed by atoms with Crippen molar-refractivity contribution in [1.29, 1.82) is 0 Å². The molecule has 3 N–H and O–H groups in total. The molecule has 3 amide bonds. The molecule has 1 fully saturated rings. The zero-order valence-corrected chi connectivity index (χ0v) is 16.1. The first kappa shape index (κ1) is 19.6. The molecule has 146 valence electrons. The van der Waals surface area contributed by atoms with Gasteiger partial charge < -0.3 is 16.0 Å². The molecule has 0 saturated carbocycles. The number of hydrogen-bond donors (Lipinski definition) is 2. The summed E-state index contributed by atoms with van der Waals surface area (Å²) in [6, 6.07) is 13.1. The largest absolute Gasteiger partial charge is 0.369 e. The number of nitrogens with one attached hydrogen (secondary N) is 1. The van der Waals surface area contributed by atoms with Gasteiger partial charge in [0.1, 0.15) is 0 Å². The van der Waals surface area contributed by atoms with Crippen molar-refractivity contribution in [2.45, 2.75) is 26.2 Å². The van der Waals surface area contributed by atoms with Gasteiger partial charge in [0.15, 0.2) is 0 Å².